The maximum atomic E-state index is 4.36. The van der Waals surface area contributed by atoms with Crippen LogP contribution in [0.1, 0.15) is 29.7 Å². The zero-order valence-electron chi connectivity index (χ0n) is 10.6. The quantitative estimate of drug-likeness (QED) is 0.859. The standard InChI is InChI=1S/C15H18N2/c1-11-8-9-15(16-10-11)17-13(3)14-7-5-4-6-12(14)2/h4-10,13H,1-3H3,(H,16,17). The molecule has 0 aliphatic rings. The molecule has 0 amide bonds. The molecule has 1 N–H and O–H groups in total. The van der Waals surface area contributed by atoms with Gasteiger partial charge in [0.25, 0.3) is 0 Å². The molecule has 0 spiro atoms. The van der Waals surface area contributed by atoms with Gasteiger partial charge in [-0.25, -0.2) is 4.98 Å². The first kappa shape index (κ1) is 11.6. The minimum absolute atomic E-state index is 0.270. The smallest absolute Gasteiger partial charge is 0.126 e. The number of benzene rings is 1. The third-order valence-corrected chi connectivity index (χ3v) is 2.93. The molecule has 17 heavy (non-hydrogen) atoms. The van der Waals surface area contributed by atoms with E-state index in [1.807, 2.05) is 19.2 Å². The fraction of sp³-hybridized carbons (Fsp3) is 0.267. The van der Waals surface area contributed by atoms with Gasteiger partial charge in [0, 0.05) is 6.20 Å². The van der Waals surface area contributed by atoms with Crippen LogP contribution in [0.2, 0.25) is 0 Å². The molecule has 0 aliphatic heterocycles. The normalized spacial score (nSPS) is 12.2. The maximum absolute atomic E-state index is 4.36. The number of rotatable bonds is 3. The average Bonchev–Trinajstić information content (AvgIpc) is 2.32. The second-order valence-corrected chi connectivity index (χ2v) is 4.44. The fourth-order valence-corrected chi connectivity index (χ4v) is 1.93. The van der Waals surface area contributed by atoms with E-state index < -0.39 is 0 Å². The topological polar surface area (TPSA) is 24.9 Å². The second-order valence-electron chi connectivity index (χ2n) is 4.44. The summed E-state index contributed by atoms with van der Waals surface area (Å²) >= 11 is 0. The third-order valence-electron chi connectivity index (χ3n) is 2.93. The lowest BCUT2D eigenvalue weighted by Crippen LogP contribution is -2.09. The summed E-state index contributed by atoms with van der Waals surface area (Å²) < 4.78 is 0. The Bertz CT molecular complexity index is 489. The molecular weight excluding hydrogens is 208 g/mol. The van der Waals surface area contributed by atoms with Gasteiger partial charge in [-0.3, -0.25) is 0 Å². The minimum atomic E-state index is 0.270. The second kappa shape index (κ2) is 5.00. The van der Waals surface area contributed by atoms with Gasteiger partial charge < -0.3 is 5.32 Å². The summed E-state index contributed by atoms with van der Waals surface area (Å²) in [6, 6.07) is 12.8. The van der Waals surface area contributed by atoms with Crippen LogP contribution in [-0.4, -0.2) is 4.98 Å². The van der Waals surface area contributed by atoms with Crippen LogP contribution < -0.4 is 5.32 Å². The summed E-state index contributed by atoms with van der Waals surface area (Å²) in [5.74, 6) is 0.923. The average molecular weight is 226 g/mol. The predicted octanol–water partition coefficient (Wildman–Crippen LogP) is 3.87. The highest BCUT2D eigenvalue weighted by atomic mass is 15.0. The molecule has 1 unspecified atom stereocenters. The summed E-state index contributed by atoms with van der Waals surface area (Å²) in [6.07, 6.45) is 1.88. The first-order chi connectivity index (χ1) is 8.16. The number of nitrogens with zero attached hydrogens (tertiary/aromatic N) is 1. The number of nitrogens with one attached hydrogen (secondary N) is 1. The summed E-state index contributed by atoms with van der Waals surface area (Å²) in [5.41, 5.74) is 3.80. The van der Waals surface area contributed by atoms with Gasteiger partial charge in [0.2, 0.25) is 0 Å². The highest BCUT2D eigenvalue weighted by Gasteiger charge is 2.07. The lowest BCUT2D eigenvalue weighted by molar-refractivity contribution is 0.864. The Kier molecular flexibility index (Phi) is 3.43. The molecule has 1 heterocycles. The molecule has 1 aromatic carbocycles. The molecular formula is C15H18N2. The van der Waals surface area contributed by atoms with Gasteiger partial charge in [-0.15, -0.1) is 0 Å². The Hall–Kier alpha value is -1.83. The molecule has 2 heteroatoms. The van der Waals surface area contributed by atoms with Crippen LogP contribution in [0.25, 0.3) is 0 Å². The van der Waals surface area contributed by atoms with Crippen molar-refractivity contribution in [1.29, 1.82) is 0 Å². The zero-order valence-corrected chi connectivity index (χ0v) is 10.6. The minimum Gasteiger partial charge on any atom is -0.364 e. The number of hydrogen-bond donors (Lipinski definition) is 1. The molecule has 0 bridgehead atoms. The molecule has 0 saturated carbocycles. The Morgan fingerprint density at radius 3 is 2.47 bits per heavy atom. The third kappa shape index (κ3) is 2.84. The van der Waals surface area contributed by atoms with Gasteiger partial charge >= 0.3 is 0 Å². The Morgan fingerprint density at radius 1 is 1.06 bits per heavy atom. The van der Waals surface area contributed by atoms with Crippen molar-refractivity contribution < 1.29 is 0 Å². The highest BCUT2D eigenvalue weighted by molar-refractivity contribution is 5.40. The van der Waals surface area contributed by atoms with Crippen LogP contribution >= 0.6 is 0 Å². The zero-order chi connectivity index (χ0) is 12.3. The molecule has 2 nitrogen and oxygen atoms in total. The number of anilines is 1. The van der Waals surface area contributed by atoms with Crippen molar-refractivity contribution in [1.82, 2.24) is 4.98 Å². The van der Waals surface area contributed by atoms with Gasteiger partial charge in [0.1, 0.15) is 5.82 Å². The SMILES string of the molecule is Cc1ccc(NC(C)c2ccccc2C)nc1. The van der Waals surface area contributed by atoms with E-state index in [0.717, 1.165) is 5.82 Å². The van der Waals surface area contributed by atoms with Gasteiger partial charge in [0.05, 0.1) is 6.04 Å². The number of aryl methyl sites for hydroxylation is 2. The van der Waals surface area contributed by atoms with E-state index in [1.54, 1.807) is 0 Å². The number of hydrogen-bond acceptors (Lipinski definition) is 2. The van der Waals surface area contributed by atoms with Crippen molar-refractivity contribution >= 4 is 5.82 Å². The van der Waals surface area contributed by atoms with Gasteiger partial charge in [-0.2, -0.15) is 0 Å². The Balaban J connectivity index is 2.14. The van der Waals surface area contributed by atoms with Crippen molar-refractivity contribution in [2.75, 3.05) is 5.32 Å². The van der Waals surface area contributed by atoms with E-state index in [-0.39, 0.29) is 6.04 Å². The van der Waals surface area contributed by atoms with Crippen molar-refractivity contribution in [2.24, 2.45) is 0 Å². The van der Waals surface area contributed by atoms with E-state index in [9.17, 15) is 0 Å². The van der Waals surface area contributed by atoms with Gasteiger partial charge in [-0.05, 0) is 43.5 Å². The van der Waals surface area contributed by atoms with Crippen LogP contribution in [-0.2, 0) is 0 Å². The van der Waals surface area contributed by atoms with Crippen LogP contribution in [0.4, 0.5) is 5.82 Å². The molecule has 88 valence electrons. The van der Waals surface area contributed by atoms with Gasteiger partial charge in [-0.1, -0.05) is 30.3 Å². The molecule has 2 rings (SSSR count). The van der Waals surface area contributed by atoms with Crippen molar-refractivity contribution in [3.05, 3.63) is 59.3 Å². The number of pyridine rings is 1. The van der Waals surface area contributed by atoms with E-state index in [1.165, 1.54) is 16.7 Å². The van der Waals surface area contributed by atoms with Gasteiger partial charge in [0.15, 0.2) is 0 Å². The predicted molar refractivity (Wildman–Crippen MR) is 72.2 cm³/mol. The first-order valence-electron chi connectivity index (χ1n) is 5.91. The Labute approximate surface area is 103 Å². The van der Waals surface area contributed by atoms with Crippen LogP contribution in [0.3, 0.4) is 0 Å². The van der Waals surface area contributed by atoms with E-state index in [2.05, 4.69) is 54.5 Å². The molecule has 0 fully saturated rings. The maximum Gasteiger partial charge on any atom is 0.126 e. The number of aromatic nitrogens is 1. The summed E-state index contributed by atoms with van der Waals surface area (Å²) in [4.78, 5) is 4.36. The molecule has 0 radical (unpaired) electrons. The highest BCUT2D eigenvalue weighted by Crippen LogP contribution is 2.20. The fourth-order valence-electron chi connectivity index (χ4n) is 1.93. The molecule has 1 aromatic heterocycles. The molecule has 2 aromatic rings. The largest absolute Gasteiger partial charge is 0.364 e. The van der Waals surface area contributed by atoms with E-state index >= 15 is 0 Å². The van der Waals surface area contributed by atoms with Crippen LogP contribution in [0.15, 0.2) is 42.6 Å². The monoisotopic (exact) mass is 226 g/mol. The lowest BCUT2D eigenvalue weighted by Gasteiger charge is -2.17. The molecule has 1 atom stereocenters. The first-order valence-corrected chi connectivity index (χ1v) is 5.91. The van der Waals surface area contributed by atoms with Crippen LogP contribution in [0, 0.1) is 13.8 Å². The summed E-state index contributed by atoms with van der Waals surface area (Å²) in [5, 5.41) is 3.42. The van der Waals surface area contributed by atoms with E-state index in [4.69, 9.17) is 0 Å². The Morgan fingerprint density at radius 2 is 1.82 bits per heavy atom. The lowest BCUT2D eigenvalue weighted by atomic mass is 10.0. The van der Waals surface area contributed by atoms with Crippen molar-refractivity contribution in [3.8, 4) is 0 Å². The molecule has 0 aliphatic carbocycles. The summed E-state index contributed by atoms with van der Waals surface area (Å²) in [6.45, 7) is 6.33. The van der Waals surface area contributed by atoms with E-state index in [0.29, 0.717) is 0 Å². The summed E-state index contributed by atoms with van der Waals surface area (Å²) in [7, 11) is 0. The van der Waals surface area contributed by atoms with Crippen molar-refractivity contribution in [2.45, 2.75) is 26.8 Å². The molecule has 0 saturated heterocycles. The van der Waals surface area contributed by atoms with Crippen LogP contribution in [0.5, 0.6) is 0 Å². The van der Waals surface area contributed by atoms with Crippen molar-refractivity contribution in [3.63, 3.8) is 0 Å².